The summed E-state index contributed by atoms with van der Waals surface area (Å²) >= 11 is 6.31. The van der Waals surface area contributed by atoms with Gasteiger partial charge in [-0.1, -0.05) is 29.8 Å². The molecule has 3 aromatic rings. The molecule has 0 saturated heterocycles. The Morgan fingerprint density at radius 3 is 2.52 bits per heavy atom. The van der Waals surface area contributed by atoms with E-state index in [0.717, 1.165) is 10.9 Å². The van der Waals surface area contributed by atoms with Gasteiger partial charge >= 0.3 is 0 Å². The number of aryl methyl sites for hydroxylation is 1. The fourth-order valence-electron chi connectivity index (χ4n) is 3.25. The number of nitrogens with zero attached hydrogens (tertiary/aromatic N) is 2. The largest absolute Gasteiger partial charge is 0.495 e. The van der Waals surface area contributed by atoms with E-state index in [0.29, 0.717) is 34.1 Å². The lowest BCUT2D eigenvalue weighted by Gasteiger charge is -2.18. The van der Waals surface area contributed by atoms with Crippen molar-refractivity contribution < 1.29 is 14.3 Å². The summed E-state index contributed by atoms with van der Waals surface area (Å²) in [7, 11) is 1.53. The van der Waals surface area contributed by atoms with Crippen LogP contribution in [-0.2, 0) is 4.79 Å². The van der Waals surface area contributed by atoms with Gasteiger partial charge in [-0.05, 0) is 37.6 Å². The van der Waals surface area contributed by atoms with E-state index in [9.17, 15) is 9.59 Å². The Bertz CT molecular complexity index is 1040. The van der Waals surface area contributed by atoms with Crippen LogP contribution >= 0.6 is 11.6 Å². The van der Waals surface area contributed by atoms with E-state index in [1.54, 1.807) is 33.9 Å². The maximum Gasteiger partial charge on any atom is 0.262 e. The van der Waals surface area contributed by atoms with Crippen LogP contribution in [0.15, 0.2) is 42.6 Å². The lowest BCUT2D eigenvalue weighted by atomic mass is 10.1. The molecular formula is C21H21ClN2O3. The SMILES string of the molecule is CCN(C(C)=O)c1cn(C(=O)c2ccccc2C)c2cc(Cl)c(OC)cc12. The number of anilines is 1. The Morgan fingerprint density at radius 2 is 1.93 bits per heavy atom. The Labute approximate surface area is 163 Å². The van der Waals surface area contributed by atoms with Crippen LogP contribution < -0.4 is 9.64 Å². The van der Waals surface area contributed by atoms with Crippen molar-refractivity contribution in [1.82, 2.24) is 4.57 Å². The molecule has 6 heteroatoms. The van der Waals surface area contributed by atoms with Crippen molar-refractivity contribution in [3.05, 3.63) is 58.7 Å². The molecule has 140 valence electrons. The summed E-state index contributed by atoms with van der Waals surface area (Å²) in [6, 6.07) is 10.9. The molecule has 2 aromatic carbocycles. The summed E-state index contributed by atoms with van der Waals surface area (Å²) < 4.78 is 6.87. The summed E-state index contributed by atoms with van der Waals surface area (Å²) in [5.41, 5.74) is 2.75. The van der Waals surface area contributed by atoms with Gasteiger partial charge in [-0.3, -0.25) is 14.2 Å². The first kappa shape index (κ1) is 19.0. The third-order valence-corrected chi connectivity index (χ3v) is 4.93. The molecule has 3 rings (SSSR count). The lowest BCUT2D eigenvalue weighted by molar-refractivity contribution is -0.116. The van der Waals surface area contributed by atoms with Crippen molar-refractivity contribution in [2.24, 2.45) is 0 Å². The number of halogens is 1. The summed E-state index contributed by atoms with van der Waals surface area (Å²) in [5, 5.41) is 1.13. The van der Waals surface area contributed by atoms with Crippen LogP contribution in [0.5, 0.6) is 5.75 Å². The maximum absolute atomic E-state index is 13.2. The number of fused-ring (bicyclic) bond motifs is 1. The molecule has 0 spiro atoms. The second kappa shape index (κ2) is 7.45. The molecule has 27 heavy (non-hydrogen) atoms. The van der Waals surface area contributed by atoms with Gasteiger partial charge in [0, 0.05) is 30.6 Å². The highest BCUT2D eigenvalue weighted by Gasteiger charge is 2.22. The number of hydrogen-bond acceptors (Lipinski definition) is 3. The number of ether oxygens (including phenoxy) is 1. The first-order valence-corrected chi connectivity index (χ1v) is 9.03. The molecule has 1 heterocycles. The van der Waals surface area contributed by atoms with E-state index in [-0.39, 0.29) is 11.8 Å². The molecule has 0 aliphatic carbocycles. The van der Waals surface area contributed by atoms with Crippen molar-refractivity contribution in [3.8, 4) is 5.75 Å². The number of hydrogen-bond donors (Lipinski definition) is 0. The summed E-state index contributed by atoms with van der Waals surface area (Å²) in [6.07, 6.45) is 1.69. The zero-order chi connectivity index (χ0) is 19.7. The van der Waals surface area contributed by atoms with Crippen molar-refractivity contribution in [2.45, 2.75) is 20.8 Å². The molecule has 0 fully saturated rings. The maximum atomic E-state index is 13.2. The molecule has 0 N–H and O–H groups in total. The second-order valence-corrected chi connectivity index (χ2v) is 6.68. The van der Waals surface area contributed by atoms with Gasteiger partial charge in [-0.25, -0.2) is 0 Å². The molecule has 0 unspecified atom stereocenters. The number of amides is 1. The highest BCUT2D eigenvalue weighted by molar-refractivity contribution is 6.33. The van der Waals surface area contributed by atoms with E-state index in [1.807, 2.05) is 32.0 Å². The quantitative estimate of drug-likeness (QED) is 0.656. The topological polar surface area (TPSA) is 51.5 Å². The van der Waals surface area contributed by atoms with Crippen LogP contribution in [-0.4, -0.2) is 30.0 Å². The van der Waals surface area contributed by atoms with Crippen LogP contribution in [0.2, 0.25) is 5.02 Å². The average Bonchev–Trinajstić information content (AvgIpc) is 2.99. The number of methoxy groups -OCH3 is 1. The highest BCUT2D eigenvalue weighted by Crippen LogP contribution is 2.37. The van der Waals surface area contributed by atoms with Gasteiger partial charge in [0.15, 0.2) is 0 Å². The number of benzene rings is 2. The highest BCUT2D eigenvalue weighted by atomic mass is 35.5. The van der Waals surface area contributed by atoms with E-state index >= 15 is 0 Å². The molecule has 5 nitrogen and oxygen atoms in total. The average molecular weight is 385 g/mol. The minimum atomic E-state index is -0.176. The molecule has 1 amide bonds. The number of carbonyl (C=O) groups is 2. The smallest absolute Gasteiger partial charge is 0.262 e. The third-order valence-electron chi connectivity index (χ3n) is 4.64. The Morgan fingerprint density at radius 1 is 1.22 bits per heavy atom. The van der Waals surface area contributed by atoms with Gasteiger partial charge < -0.3 is 9.64 Å². The minimum absolute atomic E-state index is 0.103. The van der Waals surface area contributed by atoms with E-state index in [4.69, 9.17) is 16.3 Å². The van der Waals surface area contributed by atoms with E-state index < -0.39 is 0 Å². The first-order valence-electron chi connectivity index (χ1n) is 8.66. The van der Waals surface area contributed by atoms with Gasteiger partial charge in [-0.15, -0.1) is 0 Å². The van der Waals surface area contributed by atoms with Crippen LogP contribution in [0.4, 0.5) is 5.69 Å². The normalized spacial score (nSPS) is 10.9. The molecule has 0 aliphatic heterocycles. The van der Waals surface area contributed by atoms with Crippen molar-refractivity contribution in [3.63, 3.8) is 0 Å². The third kappa shape index (κ3) is 3.30. The summed E-state index contributed by atoms with van der Waals surface area (Å²) in [6.45, 7) is 5.77. The molecule has 0 atom stereocenters. The first-order chi connectivity index (χ1) is 12.9. The predicted molar refractivity (Wildman–Crippen MR) is 108 cm³/mol. The van der Waals surface area contributed by atoms with Gasteiger partial charge in [-0.2, -0.15) is 0 Å². The molecular weight excluding hydrogens is 364 g/mol. The molecule has 1 aromatic heterocycles. The summed E-state index contributed by atoms with van der Waals surface area (Å²) in [4.78, 5) is 27.0. The van der Waals surface area contributed by atoms with Gasteiger partial charge in [0.2, 0.25) is 5.91 Å². The monoisotopic (exact) mass is 384 g/mol. The van der Waals surface area contributed by atoms with Crippen molar-refractivity contribution in [1.29, 1.82) is 0 Å². The van der Waals surface area contributed by atoms with Crippen LogP contribution in [0, 0.1) is 6.92 Å². The Hall–Kier alpha value is -2.79. The number of carbonyl (C=O) groups excluding carboxylic acids is 2. The lowest BCUT2D eigenvalue weighted by Crippen LogP contribution is -2.27. The molecule has 0 radical (unpaired) electrons. The van der Waals surface area contributed by atoms with Crippen molar-refractivity contribution in [2.75, 3.05) is 18.6 Å². The molecule has 0 aliphatic rings. The zero-order valence-corrected chi connectivity index (χ0v) is 16.5. The molecule has 0 bridgehead atoms. The van der Waals surface area contributed by atoms with Crippen LogP contribution in [0.25, 0.3) is 10.9 Å². The fraction of sp³-hybridized carbons (Fsp3) is 0.238. The van der Waals surface area contributed by atoms with Crippen molar-refractivity contribution >= 4 is 40.0 Å². The minimum Gasteiger partial charge on any atom is -0.495 e. The van der Waals surface area contributed by atoms with E-state index in [2.05, 4.69) is 0 Å². The van der Waals surface area contributed by atoms with Crippen LogP contribution in [0.1, 0.15) is 29.8 Å². The Kier molecular flexibility index (Phi) is 5.24. The van der Waals surface area contributed by atoms with Gasteiger partial charge in [0.25, 0.3) is 5.91 Å². The zero-order valence-electron chi connectivity index (χ0n) is 15.7. The van der Waals surface area contributed by atoms with Crippen LogP contribution in [0.3, 0.4) is 0 Å². The van der Waals surface area contributed by atoms with E-state index in [1.165, 1.54) is 14.0 Å². The summed E-state index contributed by atoms with van der Waals surface area (Å²) in [5.74, 6) is 0.213. The van der Waals surface area contributed by atoms with Gasteiger partial charge in [0.1, 0.15) is 5.75 Å². The standard InChI is InChI=1S/C21H21ClN2O3/c1-5-23(14(3)25)19-12-24(21(26)15-9-7-6-8-13(15)2)18-11-17(22)20(27-4)10-16(18)19/h6-12H,5H2,1-4H3. The number of aromatic nitrogens is 1. The predicted octanol–water partition coefficient (Wildman–Crippen LogP) is 4.67. The van der Waals surface area contributed by atoms with Gasteiger partial charge in [0.05, 0.1) is 23.3 Å². The number of rotatable bonds is 4. The molecule has 0 saturated carbocycles. The fourth-order valence-corrected chi connectivity index (χ4v) is 3.49. The second-order valence-electron chi connectivity index (χ2n) is 6.27. The Balaban J connectivity index is 2.30.